The third kappa shape index (κ3) is 2.56. The first-order chi connectivity index (χ1) is 4.43. The topological polar surface area (TPSA) is 21.3 Å². The minimum absolute atomic E-state index is 0.466. The van der Waals surface area contributed by atoms with Crippen molar-refractivity contribution >= 4 is 11.8 Å². The molecule has 0 bridgehead atoms. The van der Waals surface area contributed by atoms with Gasteiger partial charge in [0.1, 0.15) is 6.61 Å². The zero-order valence-corrected chi connectivity index (χ0v) is 6.41. The van der Waals surface area contributed by atoms with Crippen molar-refractivity contribution in [1.82, 2.24) is 5.32 Å². The van der Waals surface area contributed by atoms with Crippen LogP contribution in [0.25, 0.3) is 0 Å². The molecule has 3 heteroatoms. The fourth-order valence-corrected chi connectivity index (χ4v) is 1.72. The highest BCUT2D eigenvalue weighted by molar-refractivity contribution is 7.99. The molecule has 9 heavy (non-hydrogen) atoms. The first-order valence-corrected chi connectivity index (χ1v) is 4.26. The molecule has 1 aliphatic rings. The fraction of sp³-hybridized carbons (Fsp3) is 0.833. The van der Waals surface area contributed by atoms with Gasteiger partial charge in [0, 0.05) is 31.2 Å². The molecule has 0 spiro atoms. The van der Waals surface area contributed by atoms with Crippen LogP contribution in [0, 0.1) is 6.61 Å². The Bertz CT molecular complexity index is 70.7. The summed E-state index contributed by atoms with van der Waals surface area (Å²) in [5.41, 5.74) is 0. The van der Waals surface area contributed by atoms with Crippen LogP contribution in [-0.2, 0) is 4.74 Å². The lowest BCUT2D eigenvalue weighted by molar-refractivity contribution is 0.245. The van der Waals surface area contributed by atoms with Crippen molar-refractivity contribution in [3.05, 3.63) is 6.61 Å². The summed E-state index contributed by atoms with van der Waals surface area (Å²) in [4.78, 5) is 0. The van der Waals surface area contributed by atoms with Gasteiger partial charge in [0.25, 0.3) is 0 Å². The van der Waals surface area contributed by atoms with Gasteiger partial charge in [-0.1, -0.05) is 0 Å². The minimum Gasteiger partial charge on any atom is -0.377 e. The lowest BCUT2D eigenvalue weighted by Gasteiger charge is -2.21. The lowest BCUT2D eigenvalue weighted by Crippen LogP contribution is -2.37. The second-order valence-corrected chi connectivity index (χ2v) is 3.16. The van der Waals surface area contributed by atoms with Gasteiger partial charge in [-0.2, -0.15) is 11.8 Å². The monoisotopic (exact) mass is 146 g/mol. The maximum absolute atomic E-state index is 4.88. The molecule has 0 amide bonds. The number of methoxy groups -OCH3 is 1. The second kappa shape index (κ2) is 4.14. The smallest absolute Gasteiger partial charge is 0.101 e. The summed E-state index contributed by atoms with van der Waals surface area (Å²) < 4.78 is 4.88. The summed E-state index contributed by atoms with van der Waals surface area (Å²) in [5.74, 6) is 2.38. The van der Waals surface area contributed by atoms with Crippen LogP contribution in [0.15, 0.2) is 0 Å². The lowest BCUT2D eigenvalue weighted by atomic mass is 10.3. The van der Waals surface area contributed by atoms with Crippen molar-refractivity contribution in [2.75, 3.05) is 25.2 Å². The minimum atomic E-state index is 0.466. The molecule has 0 aromatic carbocycles. The molecule has 1 saturated heterocycles. The third-order valence-electron chi connectivity index (χ3n) is 1.25. The Morgan fingerprint density at radius 1 is 1.78 bits per heavy atom. The maximum atomic E-state index is 4.88. The average molecular weight is 146 g/mol. The summed E-state index contributed by atoms with van der Waals surface area (Å²) in [6.07, 6.45) is 0. The van der Waals surface area contributed by atoms with Crippen molar-refractivity contribution in [3.8, 4) is 0 Å². The summed E-state index contributed by atoms with van der Waals surface area (Å²) >= 11 is 1.97. The van der Waals surface area contributed by atoms with Crippen molar-refractivity contribution in [2.45, 2.75) is 6.04 Å². The number of thioether (sulfide) groups is 1. The first kappa shape index (κ1) is 7.38. The van der Waals surface area contributed by atoms with Crippen LogP contribution in [0.4, 0.5) is 0 Å². The van der Waals surface area contributed by atoms with Gasteiger partial charge in [-0.3, -0.25) is 0 Å². The predicted molar refractivity (Wildman–Crippen MR) is 40.4 cm³/mol. The molecule has 0 aromatic heterocycles. The van der Waals surface area contributed by atoms with E-state index in [0.29, 0.717) is 6.04 Å². The molecule has 1 N–H and O–H groups in total. The van der Waals surface area contributed by atoms with Gasteiger partial charge >= 0.3 is 0 Å². The van der Waals surface area contributed by atoms with E-state index in [2.05, 4.69) is 5.32 Å². The highest BCUT2D eigenvalue weighted by Gasteiger charge is 2.11. The van der Waals surface area contributed by atoms with Crippen molar-refractivity contribution in [1.29, 1.82) is 0 Å². The van der Waals surface area contributed by atoms with Gasteiger partial charge in [-0.15, -0.1) is 0 Å². The van der Waals surface area contributed by atoms with E-state index in [1.165, 1.54) is 5.75 Å². The Hall–Kier alpha value is 0.270. The van der Waals surface area contributed by atoms with Crippen LogP contribution in [0.3, 0.4) is 0 Å². The predicted octanol–water partition coefficient (Wildman–Crippen LogP) is 0.500. The zero-order chi connectivity index (χ0) is 6.53. The van der Waals surface area contributed by atoms with Gasteiger partial charge in [-0.25, -0.2) is 0 Å². The molecule has 1 atom stereocenters. The molecule has 1 aliphatic heterocycles. The van der Waals surface area contributed by atoms with E-state index >= 15 is 0 Å². The van der Waals surface area contributed by atoms with Crippen molar-refractivity contribution in [2.24, 2.45) is 0 Å². The van der Waals surface area contributed by atoms with Crippen LogP contribution in [0.1, 0.15) is 0 Å². The Kier molecular flexibility index (Phi) is 3.40. The number of rotatable bonds is 2. The van der Waals surface area contributed by atoms with Crippen molar-refractivity contribution < 1.29 is 4.74 Å². The molecule has 53 valence electrons. The van der Waals surface area contributed by atoms with Gasteiger partial charge in [0.2, 0.25) is 0 Å². The quantitative estimate of drug-likeness (QED) is 0.613. The fourth-order valence-electron chi connectivity index (χ4n) is 0.837. The second-order valence-electron chi connectivity index (χ2n) is 2.01. The van der Waals surface area contributed by atoms with E-state index in [1.54, 1.807) is 7.11 Å². The largest absolute Gasteiger partial charge is 0.377 e. The third-order valence-corrected chi connectivity index (χ3v) is 2.34. The maximum Gasteiger partial charge on any atom is 0.101 e. The molecular formula is C6H12NOS. The molecule has 2 nitrogen and oxygen atoms in total. The Morgan fingerprint density at radius 2 is 2.67 bits per heavy atom. The summed E-state index contributed by atoms with van der Waals surface area (Å²) in [5, 5.41) is 3.32. The molecule has 0 aliphatic carbocycles. The van der Waals surface area contributed by atoms with E-state index < -0.39 is 0 Å². The van der Waals surface area contributed by atoms with E-state index in [-0.39, 0.29) is 0 Å². The van der Waals surface area contributed by atoms with Crippen LogP contribution in [0.5, 0.6) is 0 Å². The summed E-state index contributed by atoms with van der Waals surface area (Å²) in [6.45, 7) is 2.96. The van der Waals surface area contributed by atoms with Crippen LogP contribution in [-0.4, -0.2) is 31.2 Å². The van der Waals surface area contributed by atoms with E-state index in [0.717, 1.165) is 12.3 Å². The number of ether oxygens (including phenoxy) is 1. The summed E-state index contributed by atoms with van der Waals surface area (Å²) in [6, 6.07) is 0.466. The normalized spacial score (nSPS) is 28.3. The molecule has 1 heterocycles. The Balaban J connectivity index is 2.08. The van der Waals surface area contributed by atoms with Crippen LogP contribution >= 0.6 is 11.8 Å². The van der Waals surface area contributed by atoms with Crippen molar-refractivity contribution in [3.63, 3.8) is 0 Å². The molecule has 1 unspecified atom stereocenters. The van der Waals surface area contributed by atoms with Gasteiger partial charge < -0.3 is 10.1 Å². The van der Waals surface area contributed by atoms with Crippen LogP contribution in [0.2, 0.25) is 0 Å². The highest BCUT2D eigenvalue weighted by Crippen LogP contribution is 2.08. The molecule has 1 radical (unpaired) electrons. The zero-order valence-electron chi connectivity index (χ0n) is 5.59. The van der Waals surface area contributed by atoms with E-state index in [4.69, 9.17) is 4.74 Å². The first-order valence-electron chi connectivity index (χ1n) is 3.11. The number of hydrogen-bond acceptors (Lipinski definition) is 3. The standard InChI is InChI=1S/C6H12NOS/c1-8-4-6-5-9-3-2-7-6/h4,6-7H,2-3,5H2,1H3. The number of hydrogen-bond donors (Lipinski definition) is 1. The molecule has 0 aromatic rings. The molecular weight excluding hydrogens is 134 g/mol. The van der Waals surface area contributed by atoms with Gasteiger partial charge in [-0.05, 0) is 0 Å². The van der Waals surface area contributed by atoms with Crippen LogP contribution < -0.4 is 5.32 Å². The molecule has 0 saturated carbocycles. The molecule has 1 fully saturated rings. The highest BCUT2D eigenvalue weighted by atomic mass is 32.2. The Morgan fingerprint density at radius 3 is 3.22 bits per heavy atom. The number of nitrogens with one attached hydrogen (secondary N) is 1. The SMILES string of the molecule is CO[CH]C1CSCCN1. The molecule has 1 rings (SSSR count). The van der Waals surface area contributed by atoms with Gasteiger partial charge in [0.05, 0.1) is 0 Å². The summed E-state index contributed by atoms with van der Waals surface area (Å²) in [7, 11) is 1.70. The van der Waals surface area contributed by atoms with E-state index in [1.807, 2.05) is 18.4 Å². The van der Waals surface area contributed by atoms with E-state index in [9.17, 15) is 0 Å². The van der Waals surface area contributed by atoms with Gasteiger partial charge in [0.15, 0.2) is 0 Å². The average Bonchev–Trinajstić information content (AvgIpc) is 1.91. The Labute approximate surface area is 60.3 Å².